The van der Waals surface area contributed by atoms with Gasteiger partial charge in [0.1, 0.15) is 23.0 Å². The van der Waals surface area contributed by atoms with E-state index in [0.29, 0.717) is 62.0 Å². The van der Waals surface area contributed by atoms with E-state index in [2.05, 4.69) is 35.6 Å². The van der Waals surface area contributed by atoms with Gasteiger partial charge in [0.25, 0.3) is 0 Å². The number of alkyl halides is 6. The van der Waals surface area contributed by atoms with Gasteiger partial charge in [-0.3, -0.25) is 9.97 Å². The predicted octanol–water partition coefficient (Wildman–Crippen LogP) is 6.36. The van der Waals surface area contributed by atoms with Crippen molar-refractivity contribution in [1.82, 2.24) is 25.3 Å². The molecule has 0 aromatic carbocycles. The first-order valence-electron chi connectivity index (χ1n) is 16.1. The third-order valence-electron chi connectivity index (χ3n) is 7.81. The standard InChI is InChI=1S/C17H18F3N5O.C11H14F3N3.C6H4N2O/c18-17(19,20)14-4-1-5-15(24-14)25-9-6-12(7-10-25)22-16(26)23-13-3-2-8-21-11-13;12-11(13,14)9-2-1-3-10(16-9)17-6-4-8(15)5-7-17;9-5-8-6-2-1-3-7-4-6/h1-5,8,11-12H,6-7,9-10H2,(H2,22,23,26);1-3,8H,4-7,15H2;1-4H. The number of piperidine rings is 2. The summed E-state index contributed by atoms with van der Waals surface area (Å²) in [5, 5.41) is 5.56. The summed E-state index contributed by atoms with van der Waals surface area (Å²) in [6.45, 7) is 2.36. The Morgan fingerprint density at radius 3 is 1.73 bits per heavy atom. The maximum absolute atomic E-state index is 12.8. The topological polar surface area (TPSA) is 155 Å². The SMILES string of the molecule is NC1CCN(c2cccc(C(F)(F)F)n2)CC1.O=C(Nc1cccnc1)NC1CCN(c2cccc(C(F)(F)F)n2)CC1.O=C=Nc1cccnc1. The average molecular weight is 731 g/mol. The first-order chi connectivity index (χ1) is 24.8. The van der Waals surface area contributed by atoms with Crippen molar-refractivity contribution >= 4 is 35.1 Å². The lowest BCUT2D eigenvalue weighted by molar-refractivity contribution is -0.141. The summed E-state index contributed by atoms with van der Waals surface area (Å²) >= 11 is 0. The number of carbonyl (C=O) groups excluding carboxylic acids is 2. The lowest BCUT2D eigenvalue weighted by atomic mass is 10.1. The molecule has 276 valence electrons. The number of nitrogens with two attached hydrogens (primary N) is 1. The highest BCUT2D eigenvalue weighted by Gasteiger charge is 2.34. The van der Waals surface area contributed by atoms with Crippen molar-refractivity contribution < 1.29 is 35.9 Å². The van der Waals surface area contributed by atoms with Crippen LogP contribution in [0.4, 0.5) is 54.1 Å². The minimum atomic E-state index is -4.46. The van der Waals surface area contributed by atoms with Crippen LogP contribution in [-0.2, 0) is 17.1 Å². The Balaban J connectivity index is 0.000000198. The highest BCUT2D eigenvalue weighted by atomic mass is 19.4. The summed E-state index contributed by atoms with van der Waals surface area (Å²) < 4.78 is 75.8. The summed E-state index contributed by atoms with van der Waals surface area (Å²) in [4.78, 5) is 43.6. The van der Waals surface area contributed by atoms with E-state index in [0.717, 1.165) is 25.0 Å². The number of carbonyl (C=O) groups is 1. The molecule has 0 unspecified atom stereocenters. The molecule has 2 aliphatic rings. The number of halogens is 6. The Bertz CT molecular complexity index is 1740. The van der Waals surface area contributed by atoms with Gasteiger partial charge in [0.2, 0.25) is 6.08 Å². The van der Waals surface area contributed by atoms with E-state index in [1.54, 1.807) is 59.9 Å². The number of pyridine rings is 4. The number of aromatic nitrogens is 4. The number of hydrogen-bond acceptors (Lipinski definition) is 10. The average Bonchev–Trinajstić information content (AvgIpc) is 3.13. The van der Waals surface area contributed by atoms with Crippen molar-refractivity contribution in [2.45, 2.75) is 50.1 Å². The fraction of sp³-hybridized carbons (Fsp3) is 0.353. The van der Waals surface area contributed by atoms with Crippen molar-refractivity contribution in [3.63, 3.8) is 0 Å². The Labute approximate surface area is 295 Å². The van der Waals surface area contributed by atoms with Gasteiger partial charge >= 0.3 is 18.4 Å². The van der Waals surface area contributed by atoms with Gasteiger partial charge in [-0.15, -0.1) is 0 Å². The Morgan fingerprint density at radius 1 is 0.750 bits per heavy atom. The molecule has 4 aromatic rings. The zero-order valence-corrected chi connectivity index (χ0v) is 27.7. The van der Waals surface area contributed by atoms with Crippen LogP contribution in [0.3, 0.4) is 0 Å². The summed E-state index contributed by atoms with van der Waals surface area (Å²) in [6, 6.07) is 14.5. The molecule has 4 N–H and O–H groups in total. The fourth-order valence-corrected chi connectivity index (χ4v) is 5.16. The van der Waals surface area contributed by atoms with Crippen LogP contribution in [0.25, 0.3) is 0 Å². The molecule has 12 nitrogen and oxygen atoms in total. The fourth-order valence-electron chi connectivity index (χ4n) is 5.16. The van der Waals surface area contributed by atoms with Crippen LogP contribution in [0.15, 0.2) is 90.4 Å². The molecule has 2 amide bonds. The Morgan fingerprint density at radius 2 is 1.27 bits per heavy atom. The molecule has 0 atom stereocenters. The zero-order chi connectivity index (χ0) is 37.6. The summed E-state index contributed by atoms with van der Waals surface area (Å²) in [5.74, 6) is 0.685. The largest absolute Gasteiger partial charge is 0.433 e. The highest BCUT2D eigenvalue weighted by molar-refractivity contribution is 5.89. The molecular formula is C34H36F6N10O2. The first-order valence-corrected chi connectivity index (χ1v) is 16.1. The van der Waals surface area contributed by atoms with E-state index in [1.165, 1.54) is 24.4 Å². The number of urea groups is 1. The van der Waals surface area contributed by atoms with E-state index in [-0.39, 0.29) is 18.1 Å². The number of nitrogens with one attached hydrogen (secondary N) is 2. The summed E-state index contributed by atoms with van der Waals surface area (Å²) in [7, 11) is 0. The van der Waals surface area contributed by atoms with Crippen LogP contribution in [0, 0.1) is 0 Å². The van der Waals surface area contributed by atoms with Crippen molar-refractivity contribution in [2.75, 3.05) is 41.3 Å². The number of nitrogens with zero attached hydrogens (tertiary/aromatic N) is 7. The number of hydrogen-bond donors (Lipinski definition) is 3. The van der Waals surface area contributed by atoms with E-state index in [4.69, 9.17) is 5.73 Å². The number of aliphatic imine (C=N–C) groups is 1. The van der Waals surface area contributed by atoms with Crippen molar-refractivity contribution in [3.8, 4) is 0 Å². The van der Waals surface area contributed by atoms with Gasteiger partial charge in [-0.05, 0) is 74.2 Å². The van der Waals surface area contributed by atoms with Crippen LogP contribution in [0.2, 0.25) is 0 Å². The molecule has 18 heteroatoms. The van der Waals surface area contributed by atoms with Crippen LogP contribution >= 0.6 is 0 Å². The van der Waals surface area contributed by atoms with Crippen LogP contribution in [-0.4, -0.2) is 70.3 Å². The molecule has 4 aromatic heterocycles. The van der Waals surface area contributed by atoms with E-state index < -0.39 is 23.7 Å². The Kier molecular flexibility index (Phi) is 14.0. The molecule has 0 spiro atoms. The predicted molar refractivity (Wildman–Crippen MR) is 182 cm³/mol. The minimum Gasteiger partial charge on any atom is -0.356 e. The van der Waals surface area contributed by atoms with Crippen LogP contribution in [0.1, 0.15) is 37.1 Å². The number of isocyanates is 1. The quantitative estimate of drug-likeness (QED) is 0.121. The molecule has 2 fully saturated rings. The highest BCUT2D eigenvalue weighted by Crippen LogP contribution is 2.30. The molecule has 0 saturated carbocycles. The molecule has 0 aliphatic carbocycles. The maximum Gasteiger partial charge on any atom is 0.433 e. The third kappa shape index (κ3) is 12.6. The monoisotopic (exact) mass is 730 g/mol. The van der Waals surface area contributed by atoms with Crippen molar-refractivity contribution in [2.24, 2.45) is 10.7 Å². The second-order valence-electron chi connectivity index (χ2n) is 11.6. The Hall–Kier alpha value is -5.61. The summed E-state index contributed by atoms with van der Waals surface area (Å²) in [5.41, 5.74) is 5.14. The molecule has 0 bridgehead atoms. The van der Waals surface area contributed by atoms with Gasteiger partial charge in [0.15, 0.2) is 0 Å². The zero-order valence-electron chi connectivity index (χ0n) is 27.7. The molecular weight excluding hydrogens is 694 g/mol. The van der Waals surface area contributed by atoms with E-state index in [9.17, 15) is 35.9 Å². The van der Waals surface area contributed by atoms with Gasteiger partial charge < -0.3 is 26.2 Å². The van der Waals surface area contributed by atoms with E-state index >= 15 is 0 Å². The molecule has 0 radical (unpaired) electrons. The first kappa shape index (κ1) is 39.2. The lowest BCUT2D eigenvalue weighted by Gasteiger charge is -2.33. The molecule has 6 heterocycles. The summed E-state index contributed by atoms with van der Waals surface area (Å²) in [6.07, 6.45) is 1.66. The van der Waals surface area contributed by atoms with Gasteiger partial charge in [-0.25, -0.2) is 19.6 Å². The minimum absolute atomic E-state index is 0.0475. The van der Waals surface area contributed by atoms with E-state index in [1.807, 2.05) is 4.90 Å². The van der Waals surface area contributed by atoms with Crippen molar-refractivity contribution in [1.29, 1.82) is 0 Å². The normalized spacial score (nSPS) is 15.2. The molecule has 2 saturated heterocycles. The molecule has 2 aliphatic heterocycles. The molecule has 52 heavy (non-hydrogen) atoms. The second kappa shape index (κ2) is 18.6. The lowest BCUT2D eigenvalue weighted by Crippen LogP contribution is -2.46. The van der Waals surface area contributed by atoms with Gasteiger partial charge in [-0.2, -0.15) is 31.3 Å². The maximum atomic E-state index is 12.8. The number of amides is 2. The van der Waals surface area contributed by atoms with Gasteiger partial charge in [0.05, 0.1) is 23.8 Å². The molecule has 6 rings (SSSR count). The second-order valence-corrected chi connectivity index (χ2v) is 11.6. The van der Waals surface area contributed by atoms with Gasteiger partial charge in [0, 0.05) is 50.7 Å². The number of anilines is 3. The van der Waals surface area contributed by atoms with Crippen molar-refractivity contribution in [3.05, 3.63) is 96.8 Å². The van der Waals surface area contributed by atoms with Crippen LogP contribution < -0.4 is 26.2 Å². The number of rotatable bonds is 5. The smallest absolute Gasteiger partial charge is 0.356 e. The van der Waals surface area contributed by atoms with Crippen LogP contribution in [0.5, 0.6) is 0 Å². The van der Waals surface area contributed by atoms with Gasteiger partial charge in [-0.1, -0.05) is 12.1 Å². The third-order valence-corrected chi connectivity index (χ3v) is 7.81.